The first-order chi connectivity index (χ1) is 18.7. The summed E-state index contributed by atoms with van der Waals surface area (Å²) in [5.74, 6) is 0.325. The average Bonchev–Trinajstić information content (AvgIpc) is 3.58. The molecule has 6 heterocycles. The van der Waals surface area contributed by atoms with Crippen molar-refractivity contribution in [1.82, 2.24) is 40.0 Å². The van der Waals surface area contributed by atoms with Gasteiger partial charge in [-0.1, -0.05) is 18.6 Å². The van der Waals surface area contributed by atoms with E-state index in [2.05, 4.69) is 41.1 Å². The minimum absolute atomic E-state index is 0.274. The lowest BCUT2D eigenvalue weighted by Crippen LogP contribution is -2.29. The Morgan fingerprint density at radius 1 is 0.895 bits per heavy atom. The molecule has 0 aliphatic carbocycles. The number of hydrogen-bond donors (Lipinski definition) is 2. The summed E-state index contributed by atoms with van der Waals surface area (Å²) >= 11 is 0. The van der Waals surface area contributed by atoms with E-state index in [0.29, 0.717) is 17.2 Å². The van der Waals surface area contributed by atoms with Crippen LogP contribution in [0.1, 0.15) is 24.8 Å². The Morgan fingerprint density at radius 3 is 2.63 bits per heavy atom. The second kappa shape index (κ2) is 9.42. The van der Waals surface area contributed by atoms with Crippen LogP contribution in [-0.4, -0.2) is 53.1 Å². The van der Waals surface area contributed by atoms with Gasteiger partial charge in [-0.2, -0.15) is 5.10 Å². The molecule has 7 rings (SSSR count). The number of imidazole rings is 1. The average molecular weight is 505 g/mol. The van der Waals surface area contributed by atoms with Crippen molar-refractivity contribution >= 4 is 22.1 Å². The second-order valence-corrected chi connectivity index (χ2v) is 9.76. The van der Waals surface area contributed by atoms with E-state index in [4.69, 9.17) is 4.98 Å². The maximum absolute atomic E-state index is 13.5. The number of nitrogens with zero attached hydrogens (tertiary/aromatic N) is 6. The number of nitrogens with one attached hydrogen (secondary N) is 2. The molecular weight excluding hydrogens is 479 g/mol. The van der Waals surface area contributed by atoms with Gasteiger partial charge in [0.25, 0.3) is 0 Å². The van der Waals surface area contributed by atoms with E-state index in [1.165, 1.54) is 37.0 Å². The standard InChI is InChI=1S/C29H25FN8/c30-21-6-4-19(5-7-21)22-8-9-32-28-26(22)34-29(35-28)27-23-13-24(33-16-25(23)36-37-27)20-12-18(14-31-15-20)17-38-10-2-1-3-11-38/h4-9,12-16H,1-3,10-11,17H2,(H,36,37)(H,32,34,35). The van der Waals surface area contributed by atoms with Crippen LogP contribution in [0.3, 0.4) is 0 Å². The summed E-state index contributed by atoms with van der Waals surface area (Å²) in [7, 11) is 0. The molecule has 2 N–H and O–H groups in total. The lowest BCUT2D eigenvalue weighted by molar-refractivity contribution is 0.220. The highest BCUT2D eigenvalue weighted by molar-refractivity contribution is 5.96. The first kappa shape index (κ1) is 22.7. The Balaban J connectivity index is 1.25. The SMILES string of the molecule is Fc1ccc(-c2ccnc3nc(-c4n[nH]c5cnc(-c6cncc(CN7CCCCC7)c6)cc45)[nH]c23)cc1. The van der Waals surface area contributed by atoms with Crippen LogP contribution in [0.2, 0.25) is 0 Å². The molecule has 0 unspecified atom stereocenters. The fourth-order valence-electron chi connectivity index (χ4n) is 5.24. The van der Waals surface area contributed by atoms with Gasteiger partial charge in [-0.15, -0.1) is 0 Å². The van der Waals surface area contributed by atoms with Crippen LogP contribution in [0.25, 0.3) is 56.0 Å². The molecule has 0 saturated carbocycles. The number of pyridine rings is 3. The van der Waals surface area contributed by atoms with Crippen molar-refractivity contribution in [3.05, 3.63) is 78.6 Å². The predicted octanol–water partition coefficient (Wildman–Crippen LogP) is 5.75. The van der Waals surface area contributed by atoms with Crippen molar-refractivity contribution < 1.29 is 4.39 Å². The summed E-state index contributed by atoms with van der Waals surface area (Å²) in [5.41, 5.74) is 7.61. The van der Waals surface area contributed by atoms with Crippen LogP contribution in [0, 0.1) is 5.82 Å². The molecule has 1 aromatic carbocycles. The van der Waals surface area contributed by atoms with Crippen molar-refractivity contribution in [3.8, 4) is 33.9 Å². The van der Waals surface area contributed by atoms with Crippen LogP contribution in [0.15, 0.2) is 67.3 Å². The van der Waals surface area contributed by atoms with Crippen molar-refractivity contribution in [1.29, 1.82) is 0 Å². The molecule has 1 aliphatic rings. The molecule has 38 heavy (non-hydrogen) atoms. The molecule has 0 radical (unpaired) electrons. The van der Waals surface area contributed by atoms with Gasteiger partial charge >= 0.3 is 0 Å². The van der Waals surface area contributed by atoms with E-state index in [9.17, 15) is 4.39 Å². The van der Waals surface area contributed by atoms with Crippen LogP contribution >= 0.6 is 0 Å². The fraction of sp³-hybridized carbons (Fsp3) is 0.207. The van der Waals surface area contributed by atoms with Gasteiger partial charge in [0.1, 0.15) is 11.5 Å². The van der Waals surface area contributed by atoms with Gasteiger partial charge in [-0.25, -0.2) is 14.4 Å². The molecule has 0 atom stereocenters. The first-order valence-electron chi connectivity index (χ1n) is 12.8. The number of hydrogen-bond acceptors (Lipinski definition) is 6. The number of likely N-dealkylation sites (tertiary alicyclic amines) is 1. The topological polar surface area (TPSA) is 99.3 Å². The fourth-order valence-corrected chi connectivity index (χ4v) is 5.24. The predicted molar refractivity (Wildman–Crippen MR) is 145 cm³/mol. The van der Waals surface area contributed by atoms with E-state index in [1.54, 1.807) is 24.5 Å². The summed E-state index contributed by atoms with van der Waals surface area (Å²) in [5, 5.41) is 8.52. The van der Waals surface area contributed by atoms with Gasteiger partial charge in [0, 0.05) is 41.6 Å². The summed E-state index contributed by atoms with van der Waals surface area (Å²) < 4.78 is 13.5. The number of aromatic nitrogens is 7. The highest BCUT2D eigenvalue weighted by Crippen LogP contribution is 2.32. The van der Waals surface area contributed by atoms with Crippen LogP contribution in [0.4, 0.5) is 4.39 Å². The number of fused-ring (bicyclic) bond motifs is 2. The van der Waals surface area contributed by atoms with Crippen molar-refractivity contribution in [3.63, 3.8) is 0 Å². The smallest absolute Gasteiger partial charge is 0.178 e. The molecule has 1 saturated heterocycles. The minimum atomic E-state index is -0.274. The maximum Gasteiger partial charge on any atom is 0.178 e. The van der Waals surface area contributed by atoms with E-state index >= 15 is 0 Å². The second-order valence-electron chi connectivity index (χ2n) is 9.76. The van der Waals surface area contributed by atoms with E-state index in [-0.39, 0.29) is 5.82 Å². The largest absolute Gasteiger partial charge is 0.335 e. The molecule has 0 amide bonds. The molecular formula is C29H25FN8. The Bertz CT molecular complexity index is 1750. The van der Waals surface area contributed by atoms with E-state index in [1.807, 2.05) is 24.5 Å². The molecule has 0 bridgehead atoms. The quantitative estimate of drug-likeness (QED) is 0.310. The number of benzene rings is 1. The van der Waals surface area contributed by atoms with Crippen LogP contribution < -0.4 is 0 Å². The number of halogens is 1. The van der Waals surface area contributed by atoms with Crippen molar-refractivity contribution in [2.75, 3.05) is 13.1 Å². The molecule has 6 aromatic rings. The summed E-state index contributed by atoms with van der Waals surface area (Å²) in [6, 6.07) is 12.5. The summed E-state index contributed by atoms with van der Waals surface area (Å²) in [6.07, 6.45) is 11.1. The Kier molecular flexibility index (Phi) is 5.62. The molecule has 0 spiro atoms. The van der Waals surface area contributed by atoms with Gasteiger partial charge in [0.2, 0.25) is 0 Å². The van der Waals surface area contributed by atoms with Gasteiger partial charge in [-0.3, -0.25) is 20.0 Å². The first-order valence-corrected chi connectivity index (χ1v) is 12.8. The lowest BCUT2D eigenvalue weighted by atomic mass is 10.1. The molecule has 1 aliphatic heterocycles. The number of aromatic amines is 2. The number of rotatable bonds is 5. The van der Waals surface area contributed by atoms with Crippen molar-refractivity contribution in [2.45, 2.75) is 25.8 Å². The normalized spacial score (nSPS) is 14.4. The third kappa shape index (κ3) is 4.20. The van der Waals surface area contributed by atoms with E-state index in [0.717, 1.165) is 58.4 Å². The van der Waals surface area contributed by atoms with E-state index < -0.39 is 0 Å². The van der Waals surface area contributed by atoms with Gasteiger partial charge in [0.15, 0.2) is 11.5 Å². The third-order valence-electron chi connectivity index (χ3n) is 7.16. The third-order valence-corrected chi connectivity index (χ3v) is 7.16. The summed E-state index contributed by atoms with van der Waals surface area (Å²) in [4.78, 5) is 24.2. The number of H-pyrrole nitrogens is 2. The minimum Gasteiger partial charge on any atom is -0.335 e. The van der Waals surface area contributed by atoms with Gasteiger partial charge < -0.3 is 4.98 Å². The molecule has 8 nitrogen and oxygen atoms in total. The van der Waals surface area contributed by atoms with Crippen molar-refractivity contribution in [2.24, 2.45) is 0 Å². The van der Waals surface area contributed by atoms with Gasteiger partial charge in [0.05, 0.1) is 22.9 Å². The zero-order valence-electron chi connectivity index (χ0n) is 20.7. The molecule has 9 heteroatoms. The Labute approximate surface area is 218 Å². The molecule has 5 aromatic heterocycles. The van der Waals surface area contributed by atoms with Crippen LogP contribution in [0.5, 0.6) is 0 Å². The number of piperidine rings is 1. The zero-order chi connectivity index (χ0) is 25.5. The highest BCUT2D eigenvalue weighted by atomic mass is 19.1. The zero-order valence-corrected chi connectivity index (χ0v) is 20.7. The summed E-state index contributed by atoms with van der Waals surface area (Å²) in [6.45, 7) is 3.19. The Morgan fingerprint density at radius 2 is 1.76 bits per heavy atom. The Hall–Kier alpha value is -4.50. The highest BCUT2D eigenvalue weighted by Gasteiger charge is 2.17. The monoisotopic (exact) mass is 504 g/mol. The van der Waals surface area contributed by atoms with Gasteiger partial charge in [-0.05, 0) is 67.4 Å². The lowest BCUT2D eigenvalue weighted by Gasteiger charge is -2.26. The maximum atomic E-state index is 13.5. The van der Waals surface area contributed by atoms with Crippen LogP contribution in [-0.2, 0) is 6.54 Å². The molecule has 1 fully saturated rings. The molecule has 188 valence electrons.